The number of nitrogens with one attached hydrogen (secondary N) is 1. The topological polar surface area (TPSA) is 88.2 Å². The summed E-state index contributed by atoms with van der Waals surface area (Å²) in [7, 11) is 0. The van der Waals surface area contributed by atoms with Gasteiger partial charge in [0.25, 0.3) is 5.91 Å². The Morgan fingerprint density at radius 2 is 1.91 bits per heavy atom. The number of rotatable bonds is 5. The summed E-state index contributed by atoms with van der Waals surface area (Å²) in [4.78, 5) is 41.7. The molecule has 0 saturated carbocycles. The molecule has 2 atom stereocenters. The van der Waals surface area contributed by atoms with Gasteiger partial charge in [0.15, 0.2) is 17.6 Å². The first kappa shape index (κ1) is 20.4. The second-order valence-corrected chi connectivity index (χ2v) is 8.31. The number of hydrogen-bond donors (Lipinski definition) is 1. The molecule has 2 aromatic carbocycles. The molecule has 4 amide bonds. The lowest BCUT2D eigenvalue weighted by atomic mass is 9.92. The Bertz CT molecular complexity index is 1090. The van der Waals surface area contributed by atoms with E-state index in [0.717, 1.165) is 16.0 Å². The highest BCUT2D eigenvalue weighted by Crippen LogP contribution is 2.41. The quantitative estimate of drug-likeness (QED) is 0.727. The molecule has 1 N–H and O–H groups in total. The van der Waals surface area contributed by atoms with Gasteiger partial charge in [-0.2, -0.15) is 0 Å². The number of imide groups is 1. The number of ether oxygens (including phenoxy) is 2. The van der Waals surface area contributed by atoms with Crippen molar-refractivity contribution in [2.24, 2.45) is 0 Å². The Hall–Kier alpha value is -3.55. The van der Waals surface area contributed by atoms with Crippen molar-refractivity contribution < 1.29 is 23.9 Å². The van der Waals surface area contributed by atoms with Crippen molar-refractivity contribution in [1.29, 1.82) is 0 Å². The zero-order valence-electron chi connectivity index (χ0n) is 17.9. The molecule has 2 heterocycles. The maximum absolute atomic E-state index is 13.3. The number of amides is 4. The molecule has 1 aliphatic carbocycles. The molecule has 1 fully saturated rings. The summed E-state index contributed by atoms with van der Waals surface area (Å²) in [6.45, 7) is 2.62. The van der Waals surface area contributed by atoms with Crippen LogP contribution >= 0.6 is 0 Å². The Balaban J connectivity index is 1.27. The van der Waals surface area contributed by atoms with E-state index in [2.05, 4.69) is 5.32 Å². The molecule has 0 bridgehead atoms. The Morgan fingerprint density at radius 3 is 2.72 bits per heavy atom. The minimum Gasteiger partial charge on any atom is -0.486 e. The normalized spacial score (nSPS) is 23.3. The highest BCUT2D eigenvalue weighted by atomic mass is 16.6. The van der Waals surface area contributed by atoms with Gasteiger partial charge in [-0.25, -0.2) is 4.79 Å². The van der Waals surface area contributed by atoms with E-state index < -0.39 is 11.6 Å². The zero-order valence-corrected chi connectivity index (χ0v) is 17.9. The summed E-state index contributed by atoms with van der Waals surface area (Å²) in [6, 6.07) is 14.5. The van der Waals surface area contributed by atoms with E-state index >= 15 is 0 Å². The van der Waals surface area contributed by atoms with Crippen LogP contribution in [0.3, 0.4) is 0 Å². The summed E-state index contributed by atoms with van der Waals surface area (Å²) in [5.74, 6) is 0.660. The number of carbonyl (C=O) groups excluding carboxylic acids is 3. The molecular formula is C24H25N3O5. The van der Waals surface area contributed by atoms with Crippen LogP contribution in [0.25, 0.3) is 0 Å². The Morgan fingerprint density at radius 1 is 1.16 bits per heavy atom. The van der Waals surface area contributed by atoms with Crippen molar-refractivity contribution in [2.45, 2.75) is 31.4 Å². The lowest BCUT2D eigenvalue weighted by molar-refractivity contribution is -0.139. The highest BCUT2D eigenvalue weighted by Gasteiger charge is 2.55. The smallest absolute Gasteiger partial charge is 0.325 e. The van der Waals surface area contributed by atoms with Crippen LogP contribution in [0.2, 0.25) is 0 Å². The van der Waals surface area contributed by atoms with Gasteiger partial charge in [-0.15, -0.1) is 0 Å². The molecule has 8 nitrogen and oxygen atoms in total. The van der Waals surface area contributed by atoms with Gasteiger partial charge in [0.05, 0.1) is 6.54 Å². The van der Waals surface area contributed by atoms with Crippen LogP contribution in [0.5, 0.6) is 11.5 Å². The number of fused-ring (bicyclic) bond motifs is 3. The molecule has 3 aliphatic rings. The van der Waals surface area contributed by atoms with Crippen LogP contribution in [-0.4, -0.2) is 60.0 Å². The number of urea groups is 1. The predicted octanol–water partition coefficient (Wildman–Crippen LogP) is 2.07. The van der Waals surface area contributed by atoms with Crippen molar-refractivity contribution in [2.75, 3.05) is 26.2 Å². The van der Waals surface area contributed by atoms with E-state index in [0.29, 0.717) is 44.0 Å². The molecular weight excluding hydrogens is 410 g/mol. The van der Waals surface area contributed by atoms with Crippen molar-refractivity contribution in [3.8, 4) is 11.5 Å². The van der Waals surface area contributed by atoms with Crippen LogP contribution in [0, 0.1) is 0 Å². The number of benzene rings is 2. The first-order chi connectivity index (χ1) is 15.5. The third-order valence-electron chi connectivity index (χ3n) is 6.44. The Labute approximate surface area is 186 Å². The lowest BCUT2D eigenvalue weighted by Gasteiger charge is -2.31. The van der Waals surface area contributed by atoms with E-state index in [1.54, 1.807) is 4.90 Å². The molecule has 5 rings (SSSR count). The number of hydrogen-bond acceptors (Lipinski definition) is 5. The van der Waals surface area contributed by atoms with Crippen LogP contribution < -0.4 is 14.8 Å². The van der Waals surface area contributed by atoms with Crippen LogP contribution in [0.15, 0.2) is 48.5 Å². The van der Waals surface area contributed by atoms with Gasteiger partial charge in [0, 0.05) is 6.54 Å². The summed E-state index contributed by atoms with van der Waals surface area (Å²) >= 11 is 0. The van der Waals surface area contributed by atoms with Gasteiger partial charge in [-0.1, -0.05) is 36.4 Å². The molecule has 8 heteroatoms. The first-order valence-corrected chi connectivity index (χ1v) is 10.9. The Kier molecular flexibility index (Phi) is 5.00. The fourth-order valence-electron chi connectivity index (χ4n) is 4.77. The molecule has 1 saturated heterocycles. The number of para-hydroxylation sites is 2. The largest absolute Gasteiger partial charge is 0.486 e. The fraction of sp³-hybridized carbons (Fsp3) is 0.375. The van der Waals surface area contributed by atoms with Gasteiger partial charge in [-0.05, 0) is 43.0 Å². The second-order valence-electron chi connectivity index (χ2n) is 8.31. The first-order valence-electron chi connectivity index (χ1n) is 10.9. The van der Waals surface area contributed by atoms with Gasteiger partial charge in [0.1, 0.15) is 18.7 Å². The summed E-state index contributed by atoms with van der Waals surface area (Å²) in [5.41, 5.74) is 0.820. The lowest BCUT2D eigenvalue weighted by Crippen LogP contribution is -2.48. The van der Waals surface area contributed by atoms with Gasteiger partial charge >= 0.3 is 6.03 Å². The molecule has 2 aliphatic heterocycles. The third-order valence-corrected chi connectivity index (χ3v) is 6.44. The van der Waals surface area contributed by atoms with Gasteiger partial charge < -0.3 is 19.7 Å². The van der Waals surface area contributed by atoms with E-state index in [4.69, 9.17) is 9.47 Å². The number of carbonyl (C=O) groups is 3. The third kappa shape index (κ3) is 3.26. The van der Waals surface area contributed by atoms with E-state index in [1.165, 1.54) is 0 Å². The minimum absolute atomic E-state index is 0.299. The van der Waals surface area contributed by atoms with Crippen molar-refractivity contribution in [3.63, 3.8) is 0 Å². The van der Waals surface area contributed by atoms with Gasteiger partial charge in [-0.3, -0.25) is 14.5 Å². The van der Waals surface area contributed by atoms with Crippen LogP contribution in [0.4, 0.5) is 4.79 Å². The maximum atomic E-state index is 13.3. The van der Waals surface area contributed by atoms with E-state index in [1.807, 2.05) is 55.5 Å². The van der Waals surface area contributed by atoms with Gasteiger partial charge in [0.2, 0.25) is 5.91 Å². The average molecular weight is 435 g/mol. The highest BCUT2D eigenvalue weighted by molar-refractivity contribution is 6.09. The van der Waals surface area contributed by atoms with Crippen molar-refractivity contribution in [1.82, 2.24) is 15.1 Å². The number of nitrogens with zero attached hydrogens (tertiary/aromatic N) is 2. The monoisotopic (exact) mass is 435 g/mol. The molecule has 0 aromatic heterocycles. The van der Waals surface area contributed by atoms with E-state index in [9.17, 15) is 14.4 Å². The van der Waals surface area contributed by atoms with Crippen molar-refractivity contribution >= 4 is 17.8 Å². The zero-order chi connectivity index (χ0) is 22.3. The standard InChI is InChI=1S/C24H25N3O5/c1-2-26(13-17-15-31-19-9-5-6-10-20(19)32-17)21(28)14-27-22(29)24(25-23(27)30)12-11-16-7-3-4-8-18(16)24/h3-10,17H,2,11-15H2,1H3,(H,25,30)/t17-,24+/m1/s1. The SMILES string of the molecule is CCN(C[C@@H]1COc2ccccc2O1)C(=O)CN1C(=O)N[C@]2(CCc3ccccc32)C1=O. The maximum Gasteiger partial charge on any atom is 0.325 e. The average Bonchev–Trinajstić information content (AvgIpc) is 3.30. The fourth-order valence-corrected chi connectivity index (χ4v) is 4.77. The van der Waals surface area contributed by atoms with Crippen LogP contribution in [-0.2, 0) is 21.5 Å². The number of likely N-dealkylation sites (N-methyl/N-ethyl adjacent to an activating group) is 1. The number of aryl methyl sites for hydroxylation is 1. The molecule has 1 spiro atoms. The summed E-state index contributed by atoms with van der Waals surface area (Å²) in [5, 5.41) is 2.86. The summed E-state index contributed by atoms with van der Waals surface area (Å²) < 4.78 is 11.7. The van der Waals surface area contributed by atoms with Crippen molar-refractivity contribution in [3.05, 3.63) is 59.7 Å². The molecule has 0 unspecified atom stereocenters. The van der Waals surface area contributed by atoms with E-state index in [-0.39, 0.29) is 24.5 Å². The molecule has 166 valence electrons. The molecule has 32 heavy (non-hydrogen) atoms. The van der Waals surface area contributed by atoms with Crippen LogP contribution in [0.1, 0.15) is 24.5 Å². The minimum atomic E-state index is -1.06. The second kappa shape index (κ2) is 7.85. The summed E-state index contributed by atoms with van der Waals surface area (Å²) in [6.07, 6.45) is 0.891. The molecule has 2 aromatic rings. The predicted molar refractivity (Wildman–Crippen MR) is 115 cm³/mol. The molecule has 0 radical (unpaired) electrons.